The average molecular weight is 346 g/mol. The van der Waals surface area contributed by atoms with E-state index in [1.807, 2.05) is 43.3 Å². The third kappa shape index (κ3) is 4.06. The highest BCUT2D eigenvalue weighted by molar-refractivity contribution is 6.02. The van der Waals surface area contributed by atoms with Crippen LogP contribution in [-0.4, -0.2) is 22.4 Å². The number of anilines is 3. The second-order valence-corrected chi connectivity index (χ2v) is 6.17. The van der Waals surface area contributed by atoms with Gasteiger partial charge in [0.1, 0.15) is 5.69 Å². The lowest BCUT2D eigenvalue weighted by atomic mass is 10.2. The lowest BCUT2D eigenvalue weighted by molar-refractivity contribution is 0.102. The monoisotopic (exact) mass is 346 g/mol. The van der Waals surface area contributed by atoms with Gasteiger partial charge >= 0.3 is 0 Å². The normalized spacial score (nSPS) is 10.4. The molecule has 0 fully saturated rings. The second kappa shape index (κ2) is 7.78. The number of nitrogens with zero attached hydrogens (tertiary/aromatic N) is 3. The van der Waals surface area contributed by atoms with Gasteiger partial charge in [-0.1, -0.05) is 24.3 Å². The third-order valence-electron chi connectivity index (χ3n) is 4.05. The number of aromatic nitrogens is 2. The Kier molecular flexibility index (Phi) is 5.27. The van der Waals surface area contributed by atoms with Crippen LogP contribution >= 0.6 is 0 Å². The molecule has 26 heavy (non-hydrogen) atoms. The van der Waals surface area contributed by atoms with Gasteiger partial charge in [0.15, 0.2) is 5.82 Å². The molecule has 0 saturated heterocycles. The number of hydrogen-bond donors (Lipinski definition) is 1. The molecule has 132 valence electrons. The Morgan fingerprint density at radius 2 is 1.73 bits per heavy atom. The van der Waals surface area contributed by atoms with E-state index in [0.717, 1.165) is 23.5 Å². The van der Waals surface area contributed by atoms with Crippen molar-refractivity contribution in [2.75, 3.05) is 16.8 Å². The molecule has 0 spiro atoms. The first-order valence-corrected chi connectivity index (χ1v) is 8.61. The van der Waals surface area contributed by atoms with Crippen molar-refractivity contribution in [1.82, 2.24) is 9.97 Å². The fraction of sp³-hybridized carbons (Fsp3) is 0.190. The van der Waals surface area contributed by atoms with Crippen molar-refractivity contribution >= 4 is 23.1 Å². The summed E-state index contributed by atoms with van der Waals surface area (Å²) < 4.78 is 0. The van der Waals surface area contributed by atoms with Crippen LogP contribution in [0.15, 0.2) is 60.9 Å². The second-order valence-electron chi connectivity index (χ2n) is 6.17. The van der Waals surface area contributed by atoms with Crippen LogP contribution in [0.2, 0.25) is 0 Å². The number of amides is 1. The summed E-state index contributed by atoms with van der Waals surface area (Å²) >= 11 is 0. The SMILES string of the molecule is CCN(c1cccc(C)c1)c1cnc(C(=O)Nc2cccc(C)c2)cn1. The number of benzene rings is 2. The van der Waals surface area contributed by atoms with Gasteiger partial charge in [0.2, 0.25) is 0 Å². The van der Waals surface area contributed by atoms with E-state index in [0.29, 0.717) is 5.82 Å². The van der Waals surface area contributed by atoms with Crippen LogP contribution in [0.1, 0.15) is 28.5 Å². The first-order valence-electron chi connectivity index (χ1n) is 8.61. The maximum atomic E-state index is 12.4. The maximum Gasteiger partial charge on any atom is 0.275 e. The van der Waals surface area contributed by atoms with E-state index < -0.39 is 0 Å². The number of carbonyl (C=O) groups is 1. The molecule has 3 rings (SSSR count). The minimum absolute atomic E-state index is 0.270. The summed E-state index contributed by atoms with van der Waals surface area (Å²) in [5.74, 6) is 0.443. The molecular formula is C21H22N4O. The van der Waals surface area contributed by atoms with Crippen molar-refractivity contribution in [2.45, 2.75) is 20.8 Å². The zero-order valence-corrected chi connectivity index (χ0v) is 15.2. The molecule has 1 aromatic heterocycles. The predicted molar refractivity (Wildman–Crippen MR) is 105 cm³/mol. The van der Waals surface area contributed by atoms with Crippen LogP contribution in [0.5, 0.6) is 0 Å². The maximum absolute atomic E-state index is 12.4. The Morgan fingerprint density at radius 1 is 1.00 bits per heavy atom. The number of rotatable bonds is 5. The fourth-order valence-corrected chi connectivity index (χ4v) is 2.77. The highest BCUT2D eigenvalue weighted by atomic mass is 16.1. The highest BCUT2D eigenvalue weighted by Crippen LogP contribution is 2.23. The molecule has 1 N–H and O–H groups in total. The van der Waals surface area contributed by atoms with Gasteiger partial charge in [-0.25, -0.2) is 9.97 Å². The summed E-state index contributed by atoms with van der Waals surface area (Å²) in [6.07, 6.45) is 3.15. The summed E-state index contributed by atoms with van der Waals surface area (Å²) in [5, 5.41) is 2.85. The highest BCUT2D eigenvalue weighted by Gasteiger charge is 2.12. The Bertz CT molecular complexity index is 906. The average Bonchev–Trinajstić information content (AvgIpc) is 2.63. The van der Waals surface area contributed by atoms with E-state index in [1.54, 1.807) is 6.20 Å². The van der Waals surface area contributed by atoms with Crippen molar-refractivity contribution in [3.63, 3.8) is 0 Å². The molecule has 0 aliphatic heterocycles. The Hall–Kier alpha value is -3.21. The van der Waals surface area contributed by atoms with Crippen LogP contribution in [-0.2, 0) is 0 Å². The van der Waals surface area contributed by atoms with E-state index in [1.165, 1.54) is 11.8 Å². The molecule has 0 aliphatic carbocycles. The van der Waals surface area contributed by atoms with Gasteiger partial charge in [0.05, 0.1) is 12.4 Å². The quantitative estimate of drug-likeness (QED) is 0.739. The van der Waals surface area contributed by atoms with Gasteiger partial charge < -0.3 is 10.2 Å². The summed E-state index contributed by atoms with van der Waals surface area (Å²) in [5.41, 5.74) is 4.36. The molecule has 5 heteroatoms. The molecule has 5 nitrogen and oxygen atoms in total. The molecule has 1 amide bonds. The largest absolute Gasteiger partial charge is 0.325 e. The van der Waals surface area contributed by atoms with Crippen molar-refractivity contribution in [3.8, 4) is 0 Å². The van der Waals surface area contributed by atoms with Crippen molar-refractivity contribution < 1.29 is 4.79 Å². The van der Waals surface area contributed by atoms with Gasteiger partial charge in [-0.2, -0.15) is 0 Å². The number of carbonyl (C=O) groups excluding carboxylic acids is 1. The lowest BCUT2D eigenvalue weighted by Crippen LogP contribution is -2.19. The molecule has 0 radical (unpaired) electrons. The predicted octanol–water partition coefficient (Wildman–Crippen LogP) is 4.50. The van der Waals surface area contributed by atoms with Gasteiger partial charge in [-0.3, -0.25) is 4.79 Å². The Morgan fingerprint density at radius 3 is 2.35 bits per heavy atom. The van der Waals surface area contributed by atoms with E-state index in [-0.39, 0.29) is 11.6 Å². The van der Waals surface area contributed by atoms with Crippen LogP contribution in [0.4, 0.5) is 17.2 Å². The van der Waals surface area contributed by atoms with Crippen molar-refractivity contribution in [1.29, 1.82) is 0 Å². The van der Waals surface area contributed by atoms with E-state index in [2.05, 4.69) is 46.2 Å². The summed E-state index contributed by atoms with van der Waals surface area (Å²) in [6, 6.07) is 15.9. The van der Waals surface area contributed by atoms with Gasteiger partial charge in [0.25, 0.3) is 5.91 Å². The third-order valence-corrected chi connectivity index (χ3v) is 4.05. The summed E-state index contributed by atoms with van der Waals surface area (Å²) in [4.78, 5) is 23.2. The van der Waals surface area contributed by atoms with Crippen molar-refractivity contribution in [3.05, 3.63) is 77.7 Å². The smallest absolute Gasteiger partial charge is 0.275 e. The molecule has 0 atom stereocenters. The van der Waals surface area contributed by atoms with Crippen LogP contribution < -0.4 is 10.2 Å². The minimum atomic E-state index is -0.270. The fourth-order valence-electron chi connectivity index (χ4n) is 2.77. The summed E-state index contributed by atoms with van der Waals surface area (Å²) in [7, 11) is 0. The molecule has 1 heterocycles. The topological polar surface area (TPSA) is 58.1 Å². The van der Waals surface area contributed by atoms with E-state index in [4.69, 9.17) is 0 Å². The van der Waals surface area contributed by atoms with Crippen LogP contribution in [0.3, 0.4) is 0 Å². The number of aryl methyl sites for hydroxylation is 2. The zero-order chi connectivity index (χ0) is 18.5. The Balaban J connectivity index is 1.77. The minimum Gasteiger partial charge on any atom is -0.325 e. The summed E-state index contributed by atoms with van der Waals surface area (Å²) in [6.45, 7) is 6.85. The molecular weight excluding hydrogens is 324 g/mol. The van der Waals surface area contributed by atoms with E-state index in [9.17, 15) is 4.79 Å². The number of hydrogen-bond acceptors (Lipinski definition) is 4. The number of nitrogens with one attached hydrogen (secondary N) is 1. The first kappa shape index (κ1) is 17.6. The molecule has 0 unspecified atom stereocenters. The lowest BCUT2D eigenvalue weighted by Gasteiger charge is -2.22. The molecule has 0 bridgehead atoms. The first-order chi connectivity index (χ1) is 12.6. The van der Waals surface area contributed by atoms with Gasteiger partial charge in [-0.05, 0) is 56.2 Å². The van der Waals surface area contributed by atoms with Crippen molar-refractivity contribution in [2.24, 2.45) is 0 Å². The molecule has 0 aliphatic rings. The zero-order valence-electron chi connectivity index (χ0n) is 15.2. The molecule has 0 saturated carbocycles. The van der Waals surface area contributed by atoms with Gasteiger partial charge in [-0.15, -0.1) is 0 Å². The van der Waals surface area contributed by atoms with Gasteiger partial charge in [0, 0.05) is 17.9 Å². The van der Waals surface area contributed by atoms with Crippen LogP contribution in [0, 0.1) is 13.8 Å². The molecule has 3 aromatic rings. The standard InChI is InChI=1S/C21H22N4O/c1-4-25(18-10-6-8-16(3)12-18)20-14-22-19(13-23-20)21(26)24-17-9-5-7-15(2)11-17/h5-14H,4H2,1-3H3,(H,24,26). The van der Waals surface area contributed by atoms with Crippen LogP contribution in [0.25, 0.3) is 0 Å². The molecule has 2 aromatic carbocycles. The Labute approximate surface area is 153 Å². The van der Waals surface area contributed by atoms with E-state index >= 15 is 0 Å².